The number of benzene rings is 1. The lowest BCUT2D eigenvalue weighted by atomic mass is 9.83. The lowest BCUT2D eigenvalue weighted by Crippen LogP contribution is -2.28. The van der Waals surface area contributed by atoms with Crippen LogP contribution < -0.4 is 15.8 Å². The molecule has 108 valence electrons. The van der Waals surface area contributed by atoms with Crippen molar-refractivity contribution in [1.29, 1.82) is 0 Å². The van der Waals surface area contributed by atoms with E-state index in [9.17, 15) is 4.79 Å². The molecule has 2 aliphatic heterocycles. The Balaban J connectivity index is 2.19. The van der Waals surface area contributed by atoms with E-state index in [1.807, 2.05) is 13.8 Å². The van der Waals surface area contributed by atoms with Crippen LogP contribution in [0.25, 0.3) is 0 Å². The molecule has 2 aliphatic rings. The summed E-state index contributed by atoms with van der Waals surface area (Å²) in [5.74, 6) is 0.941. The van der Waals surface area contributed by atoms with Crippen LogP contribution in [0.15, 0.2) is 6.07 Å². The molecule has 0 saturated carbocycles. The topological polar surface area (TPSA) is 64.3 Å². The molecule has 1 aromatic rings. The Hall–Kier alpha value is -1.55. The number of ether oxygens (including phenoxy) is 1. The third kappa shape index (κ3) is 1.74. The standard InChI is InChI=1S/C16H22N2O2/c1-4-5-9-6-10-7-11(8-17)20-14(10)12-13(9)18-15(19)16(12,2)3/h6,11H,4-5,7-8,17H2,1-3H3,(H,18,19). The minimum absolute atomic E-state index is 0.0393. The molecule has 0 radical (unpaired) electrons. The van der Waals surface area contributed by atoms with Gasteiger partial charge in [-0.3, -0.25) is 4.79 Å². The van der Waals surface area contributed by atoms with Gasteiger partial charge >= 0.3 is 0 Å². The molecular formula is C16H22N2O2. The molecule has 0 saturated heterocycles. The molecule has 4 nitrogen and oxygen atoms in total. The van der Waals surface area contributed by atoms with Crippen LogP contribution in [0.3, 0.4) is 0 Å². The van der Waals surface area contributed by atoms with Crippen LogP contribution in [0.1, 0.15) is 43.9 Å². The summed E-state index contributed by atoms with van der Waals surface area (Å²) in [5, 5.41) is 3.05. The molecule has 20 heavy (non-hydrogen) atoms. The summed E-state index contributed by atoms with van der Waals surface area (Å²) < 4.78 is 6.00. The Morgan fingerprint density at radius 2 is 2.25 bits per heavy atom. The number of amides is 1. The Labute approximate surface area is 119 Å². The normalized spacial score (nSPS) is 22.2. The molecule has 2 heterocycles. The van der Waals surface area contributed by atoms with Gasteiger partial charge in [0, 0.05) is 18.5 Å². The molecule has 0 aromatic heterocycles. The highest BCUT2D eigenvalue weighted by atomic mass is 16.5. The number of carbonyl (C=O) groups excluding carboxylic acids is 1. The maximum atomic E-state index is 12.3. The molecular weight excluding hydrogens is 252 g/mol. The minimum Gasteiger partial charge on any atom is -0.488 e. The lowest BCUT2D eigenvalue weighted by Gasteiger charge is -2.20. The van der Waals surface area contributed by atoms with E-state index in [0.29, 0.717) is 6.54 Å². The first-order valence-electron chi connectivity index (χ1n) is 7.36. The van der Waals surface area contributed by atoms with E-state index in [0.717, 1.165) is 36.3 Å². The van der Waals surface area contributed by atoms with Crippen LogP contribution in [0.4, 0.5) is 5.69 Å². The highest BCUT2D eigenvalue weighted by Gasteiger charge is 2.44. The van der Waals surface area contributed by atoms with Crippen molar-refractivity contribution in [2.24, 2.45) is 5.73 Å². The summed E-state index contributed by atoms with van der Waals surface area (Å²) in [4.78, 5) is 12.3. The number of nitrogens with two attached hydrogens (primary N) is 1. The average molecular weight is 274 g/mol. The molecule has 1 aromatic carbocycles. The van der Waals surface area contributed by atoms with Gasteiger partial charge < -0.3 is 15.8 Å². The van der Waals surface area contributed by atoms with Crippen molar-refractivity contribution in [3.63, 3.8) is 0 Å². The average Bonchev–Trinajstić information content (AvgIpc) is 2.90. The smallest absolute Gasteiger partial charge is 0.234 e. The minimum atomic E-state index is -0.535. The maximum absolute atomic E-state index is 12.3. The SMILES string of the molecule is CCCc1cc2c(c3c1NC(=O)C3(C)C)OC(CN)C2. The molecule has 3 rings (SSSR count). The van der Waals surface area contributed by atoms with E-state index in [4.69, 9.17) is 10.5 Å². The van der Waals surface area contributed by atoms with Crippen molar-refractivity contribution in [2.45, 2.75) is 51.6 Å². The van der Waals surface area contributed by atoms with Gasteiger partial charge in [0.05, 0.1) is 11.1 Å². The molecule has 4 heteroatoms. The summed E-state index contributed by atoms with van der Waals surface area (Å²) in [7, 11) is 0. The quantitative estimate of drug-likeness (QED) is 0.887. The molecule has 0 aliphatic carbocycles. The van der Waals surface area contributed by atoms with E-state index >= 15 is 0 Å². The van der Waals surface area contributed by atoms with Gasteiger partial charge in [-0.2, -0.15) is 0 Å². The lowest BCUT2D eigenvalue weighted by molar-refractivity contribution is -0.119. The zero-order valence-electron chi connectivity index (χ0n) is 12.4. The van der Waals surface area contributed by atoms with E-state index in [-0.39, 0.29) is 12.0 Å². The maximum Gasteiger partial charge on any atom is 0.234 e. The van der Waals surface area contributed by atoms with E-state index in [1.54, 1.807) is 0 Å². The molecule has 1 atom stereocenters. The van der Waals surface area contributed by atoms with Gasteiger partial charge in [0.15, 0.2) is 0 Å². The highest BCUT2D eigenvalue weighted by Crippen LogP contribution is 2.49. The van der Waals surface area contributed by atoms with E-state index in [2.05, 4.69) is 18.3 Å². The Kier molecular flexibility index (Phi) is 3.01. The van der Waals surface area contributed by atoms with Gasteiger partial charge in [0.25, 0.3) is 0 Å². The molecule has 0 bridgehead atoms. The largest absolute Gasteiger partial charge is 0.488 e. The fourth-order valence-corrected chi connectivity index (χ4v) is 3.24. The zero-order chi connectivity index (χ0) is 14.5. The summed E-state index contributed by atoms with van der Waals surface area (Å²) >= 11 is 0. The van der Waals surface area contributed by atoms with Gasteiger partial charge in [-0.05, 0) is 37.5 Å². The molecule has 1 amide bonds. The third-order valence-corrected chi connectivity index (χ3v) is 4.38. The number of fused-ring (bicyclic) bond motifs is 3. The first-order chi connectivity index (χ1) is 9.48. The van der Waals surface area contributed by atoms with Gasteiger partial charge in [-0.25, -0.2) is 0 Å². The van der Waals surface area contributed by atoms with Crippen LogP contribution in [0, 0.1) is 0 Å². The van der Waals surface area contributed by atoms with Gasteiger partial charge in [-0.15, -0.1) is 0 Å². The second kappa shape index (κ2) is 4.48. The van der Waals surface area contributed by atoms with Crippen molar-refractivity contribution in [3.05, 3.63) is 22.8 Å². The van der Waals surface area contributed by atoms with Crippen LogP contribution in [0.2, 0.25) is 0 Å². The number of nitrogens with one attached hydrogen (secondary N) is 1. The molecule has 0 spiro atoms. The second-order valence-corrected chi connectivity index (χ2v) is 6.28. The molecule has 3 N–H and O–H groups in total. The van der Waals surface area contributed by atoms with Crippen LogP contribution in [-0.4, -0.2) is 18.6 Å². The fourth-order valence-electron chi connectivity index (χ4n) is 3.24. The van der Waals surface area contributed by atoms with Gasteiger partial charge in [-0.1, -0.05) is 13.3 Å². The van der Waals surface area contributed by atoms with Crippen LogP contribution >= 0.6 is 0 Å². The van der Waals surface area contributed by atoms with Crippen molar-refractivity contribution in [2.75, 3.05) is 11.9 Å². The highest BCUT2D eigenvalue weighted by molar-refractivity contribution is 6.07. The Bertz CT molecular complexity index is 578. The number of rotatable bonds is 3. The van der Waals surface area contributed by atoms with E-state index < -0.39 is 5.41 Å². The molecule has 1 unspecified atom stereocenters. The number of hydrogen-bond donors (Lipinski definition) is 2. The number of anilines is 1. The predicted molar refractivity (Wildman–Crippen MR) is 79.3 cm³/mol. The summed E-state index contributed by atoms with van der Waals surface area (Å²) in [6.07, 6.45) is 2.92. The fraction of sp³-hybridized carbons (Fsp3) is 0.562. The van der Waals surface area contributed by atoms with Crippen molar-refractivity contribution in [1.82, 2.24) is 0 Å². The summed E-state index contributed by atoms with van der Waals surface area (Å²) in [6, 6.07) is 2.19. The van der Waals surface area contributed by atoms with Gasteiger partial charge in [0.1, 0.15) is 11.9 Å². The van der Waals surface area contributed by atoms with E-state index in [1.165, 1.54) is 11.1 Å². The summed E-state index contributed by atoms with van der Waals surface area (Å²) in [6.45, 7) is 6.59. The van der Waals surface area contributed by atoms with Crippen LogP contribution in [0.5, 0.6) is 5.75 Å². The Morgan fingerprint density at radius 1 is 1.50 bits per heavy atom. The molecule has 0 fully saturated rings. The van der Waals surface area contributed by atoms with Crippen molar-refractivity contribution >= 4 is 11.6 Å². The number of hydrogen-bond acceptors (Lipinski definition) is 3. The second-order valence-electron chi connectivity index (χ2n) is 6.28. The third-order valence-electron chi connectivity index (χ3n) is 4.38. The monoisotopic (exact) mass is 274 g/mol. The van der Waals surface area contributed by atoms with Gasteiger partial charge in [0.2, 0.25) is 5.91 Å². The summed E-state index contributed by atoms with van der Waals surface area (Å²) in [5.41, 5.74) is 9.63. The zero-order valence-corrected chi connectivity index (χ0v) is 12.4. The van der Waals surface area contributed by atoms with Crippen molar-refractivity contribution < 1.29 is 9.53 Å². The van der Waals surface area contributed by atoms with Crippen LogP contribution in [-0.2, 0) is 23.1 Å². The Morgan fingerprint density at radius 3 is 2.90 bits per heavy atom. The first-order valence-corrected chi connectivity index (χ1v) is 7.36. The first kappa shape index (κ1) is 13.4. The number of aryl methyl sites for hydroxylation is 1. The predicted octanol–water partition coefficient (Wildman–Crippen LogP) is 2.13. The number of carbonyl (C=O) groups is 1. The van der Waals surface area contributed by atoms with Crippen molar-refractivity contribution in [3.8, 4) is 5.75 Å².